The van der Waals surface area contributed by atoms with E-state index in [0.717, 1.165) is 49.5 Å². The summed E-state index contributed by atoms with van der Waals surface area (Å²) in [4.78, 5) is 19.1. The molecule has 5 nitrogen and oxygen atoms in total. The predicted octanol–water partition coefficient (Wildman–Crippen LogP) is 4.48. The minimum atomic E-state index is 0.118. The molecule has 1 aliphatic rings. The molecule has 1 saturated heterocycles. The van der Waals surface area contributed by atoms with Gasteiger partial charge < -0.3 is 14.2 Å². The van der Waals surface area contributed by atoms with Crippen molar-refractivity contribution < 1.29 is 9.53 Å². The first-order valence-electron chi connectivity index (χ1n) is 10.7. The maximum absolute atomic E-state index is 12.9. The molecule has 0 saturated carbocycles. The number of hydrogen-bond acceptors (Lipinski definition) is 3. The zero-order chi connectivity index (χ0) is 20.8. The Labute approximate surface area is 178 Å². The van der Waals surface area contributed by atoms with Gasteiger partial charge in [0.1, 0.15) is 18.2 Å². The summed E-state index contributed by atoms with van der Waals surface area (Å²) in [5.41, 5.74) is 2.13. The van der Waals surface area contributed by atoms with Gasteiger partial charge in [-0.25, -0.2) is 4.98 Å². The summed E-state index contributed by atoms with van der Waals surface area (Å²) in [7, 11) is 1.94. The van der Waals surface area contributed by atoms with Crippen LogP contribution >= 0.6 is 0 Å². The molecule has 1 fully saturated rings. The van der Waals surface area contributed by atoms with E-state index < -0.39 is 0 Å². The van der Waals surface area contributed by atoms with Crippen molar-refractivity contribution in [3.8, 4) is 5.75 Å². The number of nitrogens with zero attached hydrogens (tertiary/aromatic N) is 3. The van der Waals surface area contributed by atoms with Gasteiger partial charge in [-0.15, -0.1) is 0 Å². The van der Waals surface area contributed by atoms with Crippen molar-refractivity contribution in [3.05, 3.63) is 83.9 Å². The molecule has 0 spiro atoms. The smallest absolute Gasteiger partial charge is 0.253 e. The number of piperidine rings is 1. The lowest BCUT2D eigenvalue weighted by atomic mass is 9.90. The molecule has 3 aromatic rings. The topological polar surface area (TPSA) is 47.4 Å². The maximum atomic E-state index is 12.9. The maximum Gasteiger partial charge on any atom is 0.253 e. The molecule has 30 heavy (non-hydrogen) atoms. The van der Waals surface area contributed by atoms with Crippen LogP contribution in [-0.2, 0) is 20.1 Å². The fourth-order valence-electron chi connectivity index (χ4n) is 4.00. The van der Waals surface area contributed by atoms with E-state index in [2.05, 4.69) is 35.3 Å². The molecule has 1 amide bonds. The highest BCUT2D eigenvalue weighted by molar-refractivity contribution is 5.94. The SMILES string of the molecule is Cn1ccnc1COc1ccc(C(=O)N2CCC(CCc3ccccc3)CC2)cc1. The molecule has 0 aliphatic carbocycles. The minimum absolute atomic E-state index is 0.118. The first-order valence-corrected chi connectivity index (χ1v) is 10.7. The van der Waals surface area contributed by atoms with E-state index in [1.807, 2.05) is 47.0 Å². The molecule has 0 N–H and O–H groups in total. The summed E-state index contributed by atoms with van der Waals surface area (Å²) in [6.07, 6.45) is 8.15. The van der Waals surface area contributed by atoms with Crippen LogP contribution in [0.2, 0.25) is 0 Å². The van der Waals surface area contributed by atoms with Gasteiger partial charge in [0.15, 0.2) is 0 Å². The van der Waals surface area contributed by atoms with Crippen LogP contribution in [0.1, 0.15) is 41.0 Å². The number of benzene rings is 2. The van der Waals surface area contributed by atoms with Crippen molar-refractivity contribution in [2.24, 2.45) is 13.0 Å². The zero-order valence-corrected chi connectivity index (χ0v) is 17.5. The van der Waals surface area contributed by atoms with Gasteiger partial charge >= 0.3 is 0 Å². The molecule has 5 heteroatoms. The third kappa shape index (κ3) is 5.09. The van der Waals surface area contributed by atoms with Crippen molar-refractivity contribution in [3.63, 3.8) is 0 Å². The van der Waals surface area contributed by atoms with Crippen LogP contribution in [-0.4, -0.2) is 33.4 Å². The van der Waals surface area contributed by atoms with Gasteiger partial charge in [0.05, 0.1) is 0 Å². The van der Waals surface area contributed by atoms with Crippen molar-refractivity contribution in [1.82, 2.24) is 14.5 Å². The standard InChI is InChI=1S/C25H29N3O2/c1-27-18-15-26-24(27)19-30-23-11-9-22(10-12-23)25(29)28-16-13-21(14-17-28)8-7-20-5-3-2-4-6-20/h2-6,9-12,15,18,21H,7-8,13-14,16-17,19H2,1H3. The van der Waals surface area contributed by atoms with E-state index in [1.165, 1.54) is 12.0 Å². The number of carbonyl (C=O) groups is 1. The Bertz CT molecular complexity index is 942. The third-order valence-electron chi connectivity index (χ3n) is 5.98. The molecule has 1 aromatic heterocycles. The predicted molar refractivity (Wildman–Crippen MR) is 117 cm³/mol. The average Bonchev–Trinajstić information content (AvgIpc) is 3.22. The van der Waals surface area contributed by atoms with E-state index in [0.29, 0.717) is 12.5 Å². The van der Waals surface area contributed by atoms with Crippen molar-refractivity contribution in [1.29, 1.82) is 0 Å². The van der Waals surface area contributed by atoms with Gasteiger partial charge in [0.2, 0.25) is 0 Å². The molecule has 2 aromatic carbocycles. The van der Waals surface area contributed by atoms with Gasteiger partial charge in [0.25, 0.3) is 5.91 Å². The van der Waals surface area contributed by atoms with Crippen LogP contribution in [0.25, 0.3) is 0 Å². The van der Waals surface area contributed by atoms with Crippen LogP contribution < -0.4 is 4.74 Å². The van der Waals surface area contributed by atoms with Gasteiger partial charge in [-0.05, 0) is 61.4 Å². The summed E-state index contributed by atoms with van der Waals surface area (Å²) < 4.78 is 7.71. The van der Waals surface area contributed by atoms with E-state index in [4.69, 9.17) is 4.74 Å². The molecule has 0 radical (unpaired) electrons. The summed E-state index contributed by atoms with van der Waals surface area (Å²) in [6.45, 7) is 2.10. The molecular weight excluding hydrogens is 374 g/mol. The van der Waals surface area contributed by atoms with Gasteiger partial charge in [-0.3, -0.25) is 4.79 Å². The average molecular weight is 404 g/mol. The molecular formula is C25H29N3O2. The molecule has 0 bridgehead atoms. The minimum Gasteiger partial charge on any atom is -0.486 e. The summed E-state index contributed by atoms with van der Waals surface area (Å²) >= 11 is 0. The van der Waals surface area contributed by atoms with Gasteiger partial charge in [-0.2, -0.15) is 0 Å². The van der Waals surface area contributed by atoms with Crippen molar-refractivity contribution >= 4 is 5.91 Å². The second kappa shape index (κ2) is 9.61. The number of rotatable bonds is 7. The lowest BCUT2D eigenvalue weighted by Crippen LogP contribution is -2.38. The van der Waals surface area contributed by atoms with Gasteiger partial charge in [0, 0.05) is 38.1 Å². The fourth-order valence-corrected chi connectivity index (χ4v) is 4.00. The number of aromatic nitrogens is 2. The Morgan fingerprint density at radius 2 is 1.80 bits per heavy atom. The number of likely N-dealkylation sites (tertiary alicyclic amines) is 1. The molecule has 2 heterocycles. The lowest BCUT2D eigenvalue weighted by Gasteiger charge is -2.32. The number of amides is 1. The highest BCUT2D eigenvalue weighted by Gasteiger charge is 2.23. The highest BCUT2D eigenvalue weighted by Crippen LogP contribution is 2.24. The van der Waals surface area contributed by atoms with Crippen LogP contribution in [0.15, 0.2) is 67.0 Å². The monoisotopic (exact) mass is 403 g/mol. The summed E-state index contributed by atoms with van der Waals surface area (Å²) in [5, 5.41) is 0. The molecule has 4 rings (SSSR count). The number of imidazole rings is 1. The van der Waals surface area contributed by atoms with E-state index in [9.17, 15) is 4.79 Å². The highest BCUT2D eigenvalue weighted by atomic mass is 16.5. The second-order valence-corrected chi connectivity index (χ2v) is 8.03. The lowest BCUT2D eigenvalue weighted by molar-refractivity contribution is 0.0687. The van der Waals surface area contributed by atoms with Crippen LogP contribution in [0.4, 0.5) is 0 Å². The number of aryl methyl sites for hydroxylation is 2. The van der Waals surface area contributed by atoms with Crippen LogP contribution in [0.5, 0.6) is 5.75 Å². The number of carbonyl (C=O) groups excluding carboxylic acids is 1. The van der Waals surface area contributed by atoms with Crippen LogP contribution in [0.3, 0.4) is 0 Å². The van der Waals surface area contributed by atoms with Crippen molar-refractivity contribution in [2.75, 3.05) is 13.1 Å². The Morgan fingerprint density at radius 3 is 2.47 bits per heavy atom. The zero-order valence-electron chi connectivity index (χ0n) is 17.5. The second-order valence-electron chi connectivity index (χ2n) is 8.03. The quantitative estimate of drug-likeness (QED) is 0.584. The molecule has 1 aliphatic heterocycles. The number of hydrogen-bond donors (Lipinski definition) is 0. The Morgan fingerprint density at radius 1 is 1.07 bits per heavy atom. The van der Waals surface area contributed by atoms with E-state index >= 15 is 0 Å². The number of ether oxygens (including phenoxy) is 1. The van der Waals surface area contributed by atoms with Gasteiger partial charge in [-0.1, -0.05) is 30.3 Å². The molecule has 0 atom stereocenters. The first-order chi connectivity index (χ1) is 14.7. The molecule has 156 valence electrons. The summed E-state index contributed by atoms with van der Waals surface area (Å²) in [5.74, 6) is 2.43. The van der Waals surface area contributed by atoms with E-state index in [-0.39, 0.29) is 5.91 Å². The van der Waals surface area contributed by atoms with E-state index in [1.54, 1.807) is 6.20 Å². The first kappa shape index (κ1) is 20.2. The molecule has 0 unspecified atom stereocenters. The third-order valence-corrected chi connectivity index (χ3v) is 5.98. The van der Waals surface area contributed by atoms with Crippen molar-refractivity contribution in [2.45, 2.75) is 32.3 Å². The fraction of sp³-hybridized carbons (Fsp3) is 0.360. The Balaban J connectivity index is 1.24. The van der Waals surface area contributed by atoms with Crippen LogP contribution in [0, 0.1) is 5.92 Å². The Hall–Kier alpha value is -3.08. The normalized spacial score (nSPS) is 14.6. The summed E-state index contributed by atoms with van der Waals surface area (Å²) in [6, 6.07) is 18.1. The largest absolute Gasteiger partial charge is 0.486 e. The Kier molecular flexibility index (Phi) is 6.47.